The fourth-order valence-corrected chi connectivity index (χ4v) is 5.77. The molecule has 4 aromatic rings. The molecule has 1 aliphatic rings. The lowest BCUT2D eigenvalue weighted by Gasteiger charge is -2.12. The molecular weight excluding hydrogens is 567 g/mol. The summed E-state index contributed by atoms with van der Waals surface area (Å²) < 4.78 is 39.6. The van der Waals surface area contributed by atoms with Gasteiger partial charge in [-0.15, -0.1) is 0 Å². The molecule has 204 valence electrons. The lowest BCUT2D eigenvalue weighted by Crippen LogP contribution is -2.32. The molecule has 0 saturated carbocycles. The Morgan fingerprint density at radius 1 is 1.05 bits per heavy atom. The van der Waals surface area contributed by atoms with Crippen molar-refractivity contribution in [1.82, 2.24) is 14.7 Å². The van der Waals surface area contributed by atoms with Crippen LogP contribution in [-0.2, 0) is 21.5 Å². The highest BCUT2D eigenvalue weighted by molar-refractivity contribution is 8.26. The Balaban J connectivity index is 1.47. The molecule has 1 fully saturated rings. The standard InChI is InChI=1S/C29H25N3O5S3/c1-20-10-12-21(13-11-20)19-37-25-9-5-6-22(16-25)27-23(18-32(30-27)24-7-3-2-4-8-24)17-26-28(33)31(29(38)39-26)14-15-40(34,35)36/h2-13,16-18H,14-15,19H2,1H3,(H,34,35,36)/b26-17-. The van der Waals surface area contributed by atoms with Gasteiger partial charge in [0.05, 0.1) is 16.3 Å². The highest BCUT2D eigenvalue weighted by Gasteiger charge is 2.33. The number of aryl methyl sites for hydroxylation is 1. The van der Waals surface area contributed by atoms with E-state index in [4.69, 9.17) is 26.6 Å². The van der Waals surface area contributed by atoms with E-state index < -0.39 is 21.8 Å². The molecule has 2 heterocycles. The first kappa shape index (κ1) is 27.8. The van der Waals surface area contributed by atoms with Gasteiger partial charge in [0.2, 0.25) is 0 Å². The summed E-state index contributed by atoms with van der Waals surface area (Å²) >= 11 is 6.39. The number of aromatic nitrogens is 2. The summed E-state index contributed by atoms with van der Waals surface area (Å²) in [6, 6.07) is 25.3. The van der Waals surface area contributed by atoms with E-state index in [0.717, 1.165) is 28.6 Å². The molecule has 0 unspecified atom stereocenters. The molecule has 40 heavy (non-hydrogen) atoms. The highest BCUT2D eigenvalue weighted by atomic mass is 32.2. The normalized spacial score (nSPS) is 14.8. The minimum Gasteiger partial charge on any atom is -0.489 e. The molecular formula is C29H25N3O5S3. The van der Waals surface area contributed by atoms with Crippen molar-refractivity contribution in [3.05, 3.63) is 107 Å². The van der Waals surface area contributed by atoms with Crippen LogP contribution in [0.15, 0.2) is 90.0 Å². The molecule has 5 rings (SSSR count). The van der Waals surface area contributed by atoms with Crippen LogP contribution in [0.3, 0.4) is 0 Å². The van der Waals surface area contributed by atoms with Crippen LogP contribution >= 0.6 is 24.0 Å². The zero-order valence-electron chi connectivity index (χ0n) is 21.4. The van der Waals surface area contributed by atoms with Gasteiger partial charge in [-0.05, 0) is 42.8 Å². The quantitative estimate of drug-likeness (QED) is 0.154. The van der Waals surface area contributed by atoms with Crippen LogP contribution in [0.25, 0.3) is 23.0 Å². The molecule has 3 aromatic carbocycles. The van der Waals surface area contributed by atoms with Crippen LogP contribution in [-0.4, -0.2) is 50.2 Å². The molecule has 0 bridgehead atoms. The van der Waals surface area contributed by atoms with Crippen LogP contribution in [0, 0.1) is 6.92 Å². The monoisotopic (exact) mass is 591 g/mol. The van der Waals surface area contributed by atoms with E-state index in [-0.39, 0.29) is 10.9 Å². The first-order valence-electron chi connectivity index (χ1n) is 12.3. The number of carbonyl (C=O) groups excluding carboxylic acids is 1. The van der Waals surface area contributed by atoms with Crippen LogP contribution < -0.4 is 4.74 Å². The number of amides is 1. The maximum atomic E-state index is 13.1. The van der Waals surface area contributed by atoms with Gasteiger partial charge in [-0.1, -0.05) is 84.1 Å². The molecule has 0 spiro atoms. The van der Waals surface area contributed by atoms with Crippen molar-refractivity contribution in [2.45, 2.75) is 13.5 Å². The third-order valence-electron chi connectivity index (χ3n) is 6.13. The third kappa shape index (κ3) is 6.68. The molecule has 8 nitrogen and oxygen atoms in total. The number of thioether (sulfide) groups is 1. The largest absolute Gasteiger partial charge is 0.489 e. The second-order valence-corrected chi connectivity index (χ2v) is 12.4. The summed E-state index contributed by atoms with van der Waals surface area (Å²) in [5.41, 5.74) is 5.19. The van der Waals surface area contributed by atoms with Crippen molar-refractivity contribution in [2.75, 3.05) is 12.3 Å². The second kappa shape index (κ2) is 11.8. The molecule has 0 radical (unpaired) electrons. The fraction of sp³-hybridized carbons (Fsp3) is 0.138. The van der Waals surface area contributed by atoms with Crippen molar-refractivity contribution >= 4 is 50.4 Å². The van der Waals surface area contributed by atoms with Crippen molar-refractivity contribution < 1.29 is 22.5 Å². The number of nitrogens with zero attached hydrogens (tertiary/aromatic N) is 3. The van der Waals surface area contributed by atoms with Gasteiger partial charge in [-0.25, -0.2) is 4.68 Å². The van der Waals surface area contributed by atoms with Gasteiger partial charge in [0.25, 0.3) is 16.0 Å². The van der Waals surface area contributed by atoms with Gasteiger partial charge in [0.1, 0.15) is 22.4 Å². The first-order chi connectivity index (χ1) is 19.2. The Hall–Kier alpha value is -3.77. The molecule has 0 atom stereocenters. The van der Waals surface area contributed by atoms with Crippen LogP contribution in [0.1, 0.15) is 16.7 Å². The second-order valence-electron chi connectivity index (χ2n) is 9.13. The van der Waals surface area contributed by atoms with Crippen LogP contribution in [0.2, 0.25) is 0 Å². The fourth-order valence-electron chi connectivity index (χ4n) is 4.06. The molecule has 1 saturated heterocycles. The number of carbonyl (C=O) groups is 1. The number of thiocarbonyl (C=S) groups is 1. The number of hydrogen-bond donors (Lipinski definition) is 1. The van der Waals surface area contributed by atoms with E-state index >= 15 is 0 Å². The van der Waals surface area contributed by atoms with Crippen LogP contribution in [0.4, 0.5) is 0 Å². The lowest BCUT2D eigenvalue weighted by molar-refractivity contribution is -0.121. The topological polar surface area (TPSA) is 102 Å². The van der Waals surface area contributed by atoms with Gasteiger partial charge in [0, 0.05) is 23.9 Å². The van der Waals surface area contributed by atoms with Gasteiger partial charge >= 0.3 is 0 Å². The Morgan fingerprint density at radius 2 is 1.80 bits per heavy atom. The number of ether oxygens (including phenoxy) is 1. The van der Waals surface area contributed by atoms with E-state index in [1.165, 1.54) is 10.5 Å². The maximum absolute atomic E-state index is 13.1. The molecule has 0 aliphatic carbocycles. The summed E-state index contributed by atoms with van der Waals surface area (Å²) in [6.07, 6.45) is 3.53. The molecule has 1 N–H and O–H groups in total. The SMILES string of the molecule is Cc1ccc(COc2cccc(-c3nn(-c4ccccc4)cc3/C=C3\SC(=S)N(CCS(=O)(=O)O)C3=O)c2)cc1. The molecule has 1 aromatic heterocycles. The van der Waals surface area contributed by atoms with Crippen molar-refractivity contribution in [3.63, 3.8) is 0 Å². The van der Waals surface area contributed by atoms with E-state index in [9.17, 15) is 13.2 Å². The van der Waals surface area contributed by atoms with E-state index in [2.05, 4.69) is 0 Å². The highest BCUT2D eigenvalue weighted by Crippen LogP contribution is 2.35. The van der Waals surface area contributed by atoms with Crippen molar-refractivity contribution in [3.8, 4) is 22.7 Å². The number of hydrogen-bond acceptors (Lipinski definition) is 7. The summed E-state index contributed by atoms with van der Waals surface area (Å²) in [7, 11) is -4.24. The van der Waals surface area contributed by atoms with Gasteiger partial charge in [0.15, 0.2) is 0 Å². The Morgan fingerprint density at radius 3 is 2.52 bits per heavy atom. The van der Waals surface area contributed by atoms with E-state index in [0.29, 0.717) is 28.5 Å². The first-order valence-corrected chi connectivity index (χ1v) is 15.1. The predicted molar refractivity (Wildman–Crippen MR) is 161 cm³/mol. The summed E-state index contributed by atoms with van der Waals surface area (Å²) in [4.78, 5) is 14.6. The van der Waals surface area contributed by atoms with Crippen molar-refractivity contribution in [2.24, 2.45) is 0 Å². The molecule has 1 aliphatic heterocycles. The molecule has 11 heteroatoms. The zero-order chi connectivity index (χ0) is 28.3. The van der Waals surface area contributed by atoms with Crippen LogP contribution in [0.5, 0.6) is 5.75 Å². The van der Waals surface area contributed by atoms with Gasteiger partial charge in [-0.3, -0.25) is 14.2 Å². The van der Waals surface area contributed by atoms with Gasteiger partial charge < -0.3 is 4.74 Å². The van der Waals surface area contributed by atoms with E-state index in [1.54, 1.807) is 10.8 Å². The zero-order valence-corrected chi connectivity index (χ0v) is 23.9. The Kier molecular flexibility index (Phi) is 8.17. The summed E-state index contributed by atoms with van der Waals surface area (Å²) in [5, 5.41) is 4.83. The Bertz CT molecular complexity index is 1700. The minimum atomic E-state index is -4.24. The predicted octanol–water partition coefficient (Wildman–Crippen LogP) is 5.52. The maximum Gasteiger partial charge on any atom is 0.266 e. The smallest absolute Gasteiger partial charge is 0.266 e. The van der Waals surface area contributed by atoms with E-state index in [1.807, 2.05) is 92.0 Å². The summed E-state index contributed by atoms with van der Waals surface area (Å²) in [6.45, 7) is 2.23. The average molecular weight is 592 g/mol. The third-order valence-corrected chi connectivity index (χ3v) is 8.21. The minimum absolute atomic E-state index is 0.225. The van der Waals surface area contributed by atoms with Crippen molar-refractivity contribution in [1.29, 1.82) is 0 Å². The Labute approximate surface area is 242 Å². The number of para-hydroxylation sites is 1. The number of benzene rings is 3. The molecule has 1 amide bonds. The summed E-state index contributed by atoms with van der Waals surface area (Å²) in [5.74, 6) is -0.346. The average Bonchev–Trinajstić information content (AvgIpc) is 3.47. The van der Waals surface area contributed by atoms with Gasteiger partial charge in [-0.2, -0.15) is 13.5 Å². The number of rotatable bonds is 9. The lowest BCUT2D eigenvalue weighted by atomic mass is 10.1.